The highest BCUT2D eigenvalue weighted by atomic mass is 16.4. The van der Waals surface area contributed by atoms with Gasteiger partial charge in [-0.1, -0.05) is 13.8 Å². The Morgan fingerprint density at radius 3 is 2.26 bits per heavy atom. The summed E-state index contributed by atoms with van der Waals surface area (Å²) < 4.78 is 0. The standard InChI is InChI=1S/C15H30N2O2/c1-11(2)13-6-8-17(9-7-13)12(3)10-15(4,16-5)14(18)19/h11-13,16H,6-10H2,1-5H3,(H,18,19). The maximum atomic E-state index is 11.3. The first-order valence-corrected chi connectivity index (χ1v) is 7.46. The number of piperidine rings is 1. The number of likely N-dealkylation sites (N-methyl/N-ethyl adjacent to an activating group) is 1. The molecule has 1 aliphatic heterocycles. The van der Waals surface area contributed by atoms with Gasteiger partial charge in [0, 0.05) is 6.04 Å². The monoisotopic (exact) mass is 270 g/mol. The molecule has 1 aliphatic rings. The van der Waals surface area contributed by atoms with Crippen LogP contribution in [0.5, 0.6) is 0 Å². The first kappa shape index (κ1) is 16.4. The topological polar surface area (TPSA) is 52.6 Å². The van der Waals surface area contributed by atoms with E-state index >= 15 is 0 Å². The minimum atomic E-state index is -0.825. The lowest BCUT2D eigenvalue weighted by Gasteiger charge is -2.40. The number of carboxylic acids is 1. The van der Waals surface area contributed by atoms with Crippen LogP contribution in [0.1, 0.15) is 47.0 Å². The number of carboxylic acid groups (broad SMARTS) is 1. The van der Waals surface area contributed by atoms with Crippen molar-refractivity contribution in [2.45, 2.75) is 58.5 Å². The first-order valence-electron chi connectivity index (χ1n) is 7.46. The third kappa shape index (κ3) is 4.18. The molecular weight excluding hydrogens is 240 g/mol. The Kier molecular flexibility index (Phi) is 5.81. The van der Waals surface area contributed by atoms with Gasteiger partial charge in [0.2, 0.25) is 0 Å². The number of nitrogens with zero attached hydrogens (tertiary/aromatic N) is 1. The number of rotatable bonds is 6. The van der Waals surface area contributed by atoms with Crippen LogP contribution in [-0.4, -0.2) is 47.7 Å². The van der Waals surface area contributed by atoms with Gasteiger partial charge in [-0.2, -0.15) is 0 Å². The summed E-state index contributed by atoms with van der Waals surface area (Å²) in [6.07, 6.45) is 3.13. The Morgan fingerprint density at radius 1 is 1.37 bits per heavy atom. The average Bonchev–Trinajstić information content (AvgIpc) is 2.38. The van der Waals surface area contributed by atoms with Crippen LogP contribution in [-0.2, 0) is 4.79 Å². The van der Waals surface area contributed by atoms with Crippen LogP contribution in [0.15, 0.2) is 0 Å². The van der Waals surface area contributed by atoms with Crippen molar-refractivity contribution in [2.75, 3.05) is 20.1 Å². The quantitative estimate of drug-likeness (QED) is 0.777. The van der Waals surface area contributed by atoms with Crippen molar-refractivity contribution >= 4 is 5.97 Å². The maximum Gasteiger partial charge on any atom is 0.323 e. The summed E-state index contributed by atoms with van der Waals surface area (Å²) in [6, 6.07) is 0.307. The minimum Gasteiger partial charge on any atom is -0.480 e. The van der Waals surface area contributed by atoms with Crippen molar-refractivity contribution in [3.63, 3.8) is 0 Å². The van der Waals surface area contributed by atoms with E-state index in [1.807, 2.05) is 0 Å². The Hall–Kier alpha value is -0.610. The molecule has 112 valence electrons. The summed E-state index contributed by atoms with van der Waals surface area (Å²) in [4.78, 5) is 13.8. The molecule has 2 N–H and O–H groups in total. The minimum absolute atomic E-state index is 0.307. The molecule has 4 nitrogen and oxygen atoms in total. The molecule has 0 amide bonds. The fraction of sp³-hybridized carbons (Fsp3) is 0.933. The van der Waals surface area contributed by atoms with Gasteiger partial charge < -0.3 is 15.3 Å². The summed E-state index contributed by atoms with van der Waals surface area (Å²) in [6.45, 7) is 10.7. The van der Waals surface area contributed by atoms with E-state index in [0.29, 0.717) is 12.5 Å². The molecule has 1 fully saturated rings. The summed E-state index contributed by atoms with van der Waals surface area (Å²) in [5.41, 5.74) is -0.825. The highest BCUT2D eigenvalue weighted by molar-refractivity contribution is 5.78. The van der Waals surface area contributed by atoms with Crippen molar-refractivity contribution < 1.29 is 9.90 Å². The zero-order chi connectivity index (χ0) is 14.6. The van der Waals surface area contributed by atoms with E-state index in [4.69, 9.17) is 0 Å². The van der Waals surface area contributed by atoms with Gasteiger partial charge in [0.25, 0.3) is 0 Å². The first-order chi connectivity index (χ1) is 8.80. The molecule has 4 heteroatoms. The number of likely N-dealkylation sites (tertiary alicyclic amines) is 1. The van der Waals surface area contributed by atoms with Crippen LogP contribution in [0.4, 0.5) is 0 Å². The Labute approximate surface area is 117 Å². The fourth-order valence-electron chi connectivity index (χ4n) is 3.04. The molecule has 0 bridgehead atoms. The summed E-state index contributed by atoms with van der Waals surface area (Å²) >= 11 is 0. The van der Waals surface area contributed by atoms with Crippen LogP contribution in [0, 0.1) is 11.8 Å². The second-order valence-electron chi connectivity index (χ2n) is 6.56. The van der Waals surface area contributed by atoms with Crippen LogP contribution < -0.4 is 5.32 Å². The maximum absolute atomic E-state index is 11.3. The van der Waals surface area contributed by atoms with Gasteiger partial charge in [-0.15, -0.1) is 0 Å². The Morgan fingerprint density at radius 2 is 1.89 bits per heavy atom. The molecule has 1 saturated heterocycles. The molecule has 0 aromatic rings. The average molecular weight is 270 g/mol. The fourth-order valence-corrected chi connectivity index (χ4v) is 3.04. The number of nitrogens with one attached hydrogen (secondary N) is 1. The van der Waals surface area contributed by atoms with Crippen molar-refractivity contribution in [2.24, 2.45) is 11.8 Å². The molecule has 19 heavy (non-hydrogen) atoms. The third-order valence-electron chi connectivity index (χ3n) is 4.87. The van der Waals surface area contributed by atoms with Crippen molar-refractivity contribution in [3.05, 3.63) is 0 Å². The molecule has 0 aliphatic carbocycles. The van der Waals surface area contributed by atoms with Crippen LogP contribution in [0.3, 0.4) is 0 Å². The summed E-state index contributed by atoms with van der Waals surface area (Å²) in [5.74, 6) is 0.830. The smallest absolute Gasteiger partial charge is 0.323 e. The van der Waals surface area contributed by atoms with E-state index < -0.39 is 11.5 Å². The Balaban J connectivity index is 2.51. The molecule has 0 aromatic carbocycles. The third-order valence-corrected chi connectivity index (χ3v) is 4.87. The molecule has 0 aromatic heterocycles. The van der Waals surface area contributed by atoms with E-state index in [1.165, 1.54) is 12.8 Å². The predicted molar refractivity (Wildman–Crippen MR) is 78.3 cm³/mol. The largest absolute Gasteiger partial charge is 0.480 e. The van der Waals surface area contributed by atoms with E-state index in [1.54, 1.807) is 14.0 Å². The van der Waals surface area contributed by atoms with Gasteiger partial charge in [0.15, 0.2) is 0 Å². The lowest BCUT2D eigenvalue weighted by atomic mass is 9.85. The zero-order valence-electron chi connectivity index (χ0n) is 13.1. The van der Waals surface area contributed by atoms with Gasteiger partial charge in [0.1, 0.15) is 5.54 Å². The molecule has 1 heterocycles. The molecule has 2 unspecified atom stereocenters. The highest BCUT2D eigenvalue weighted by Gasteiger charge is 2.35. The zero-order valence-corrected chi connectivity index (χ0v) is 13.1. The molecule has 0 radical (unpaired) electrons. The molecule has 2 atom stereocenters. The van der Waals surface area contributed by atoms with E-state index in [9.17, 15) is 9.90 Å². The van der Waals surface area contributed by atoms with E-state index in [0.717, 1.165) is 24.9 Å². The lowest BCUT2D eigenvalue weighted by Crippen LogP contribution is -2.53. The number of hydrogen-bond donors (Lipinski definition) is 2. The second-order valence-corrected chi connectivity index (χ2v) is 6.56. The van der Waals surface area contributed by atoms with Gasteiger partial charge in [-0.05, 0) is 65.1 Å². The van der Waals surface area contributed by atoms with Gasteiger partial charge in [-0.3, -0.25) is 4.79 Å². The molecular formula is C15H30N2O2. The van der Waals surface area contributed by atoms with Gasteiger partial charge >= 0.3 is 5.97 Å². The Bertz CT molecular complexity index is 299. The lowest BCUT2D eigenvalue weighted by molar-refractivity contribution is -0.144. The second kappa shape index (κ2) is 6.71. The summed E-state index contributed by atoms with van der Waals surface area (Å²) in [5, 5.41) is 12.3. The van der Waals surface area contributed by atoms with Gasteiger partial charge in [-0.25, -0.2) is 0 Å². The highest BCUT2D eigenvalue weighted by Crippen LogP contribution is 2.27. The normalized spacial score (nSPS) is 23.3. The van der Waals surface area contributed by atoms with Crippen LogP contribution in [0.25, 0.3) is 0 Å². The SMILES string of the molecule is CNC(C)(CC(C)N1CCC(C(C)C)CC1)C(=O)O. The van der Waals surface area contributed by atoms with Crippen molar-refractivity contribution in [1.82, 2.24) is 10.2 Å². The number of hydrogen-bond acceptors (Lipinski definition) is 3. The molecule has 0 spiro atoms. The molecule has 0 saturated carbocycles. The predicted octanol–water partition coefficient (Wildman–Crippen LogP) is 2.20. The van der Waals surface area contributed by atoms with Crippen molar-refractivity contribution in [3.8, 4) is 0 Å². The van der Waals surface area contributed by atoms with E-state index in [-0.39, 0.29) is 0 Å². The summed E-state index contributed by atoms with van der Waals surface area (Å²) in [7, 11) is 1.73. The van der Waals surface area contributed by atoms with Crippen molar-refractivity contribution in [1.29, 1.82) is 0 Å². The van der Waals surface area contributed by atoms with E-state index in [2.05, 4.69) is 31.0 Å². The van der Waals surface area contributed by atoms with Gasteiger partial charge in [0.05, 0.1) is 0 Å². The van der Waals surface area contributed by atoms with Crippen LogP contribution >= 0.6 is 0 Å². The number of carbonyl (C=O) groups is 1. The number of aliphatic carboxylic acids is 1. The molecule has 1 rings (SSSR count). The van der Waals surface area contributed by atoms with Crippen LogP contribution in [0.2, 0.25) is 0 Å².